The number of benzene rings is 1. The molecule has 3 nitrogen and oxygen atoms in total. The molecule has 0 unspecified atom stereocenters. The van der Waals surface area contributed by atoms with Gasteiger partial charge in [-0.15, -0.1) is 0 Å². The van der Waals surface area contributed by atoms with Crippen LogP contribution >= 0.6 is 15.9 Å². The molecule has 0 atom stereocenters. The number of carbonyl (C=O) groups is 1. The van der Waals surface area contributed by atoms with Gasteiger partial charge in [-0.2, -0.15) is 0 Å². The van der Waals surface area contributed by atoms with Crippen LogP contribution in [0.5, 0.6) is 5.75 Å². The molecule has 0 saturated heterocycles. The van der Waals surface area contributed by atoms with E-state index in [-0.39, 0.29) is 5.91 Å². The Morgan fingerprint density at radius 3 is 2.82 bits per heavy atom. The second-order valence-electron chi connectivity index (χ2n) is 3.30. The molecule has 1 amide bonds. The maximum atomic E-state index is 11.9. The maximum Gasteiger partial charge on any atom is 0.255 e. The fraction of sp³-hybridized carbons (Fsp3) is 0.154. The first-order valence-corrected chi connectivity index (χ1v) is 5.88. The van der Waals surface area contributed by atoms with E-state index in [1.54, 1.807) is 24.3 Å². The lowest BCUT2D eigenvalue weighted by atomic mass is 10.2. The van der Waals surface area contributed by atoms with Crippen LogP contribution in [0.4, 0.5) is 0 Å². The summed E-state index contributed by atoms with van der Waals surface area (Å²) in [5.41, 5.74) is 0.503. The average molecular weight is 296 g/mol. The molecule has 1 aromatic carbocycles. The molecular formula is C13H14BrNO2. The van der Waals surface area contributed by atoms with Crippen molar-refractivity contribution in [2.45, 2.75) is 0 Å². The monoisotopic (exact) mass is 295 g/mol. The largest absolute Gasteiger partial charge is 0.489 e. The summed E-state index contributed by atoms with van der Waals surface area (Å²) >= 11 is 3.18. The predicted octanol–water partition coefficient (Wildman–Crippen LogP) is 2.89. The molecule has 1 rings (SSSR count). The summed E-state index contributed by atoms with van der Waals surface area (Å²) < 4.78 is 6.12. The fourth-order valence-electron chi connectivity index (χ4n) is 1.20. The number of rotatable bonds is 6. The third kappa shape index (κ3) is 4.44. The van der Waals surface area contributed by atoms with Crippen LogP contribution in [0.1, 0.15) is 10.4 Å². The van der Waals surface area contributed by atoms with E-state index in [2.05, 4.69) is 34.4 Å². The van der Waals surface area contributed by atoms with Gasteiger partial charge in [-0.25, -0.2) is 0 Å². The van der Waals surface area contributed by atoms with Crippen LogP contribution in [0, 0.1) is 0 Å². The summed E-state index contributed by atoms with van der Waals surface area (Å²) in [5, 5.41) is 2.72. The Bertz CT molecular complexity index is 429. The molecule has 1 N–H and O–H groups in total. The van der Waals surface area contributed by atoms with Crippen molar-refractivity contribution in [1.29, 1.82) is 0 Å². The topological polar surface area (TPSA) is 38.3 Å². The smallest absolute Gasteiger partial charge is 0.255 e. The van der Waals surface area contributed by atoms with Gasteiger partial charge in [0, 0.05) is 11.0 Å². The summed E-state index contributed by atoms with van der Waals surface area (Å²) in [6, 6.07) is 7.07. The van der Waals surface area contributed by atoms with Crippen LogP contribution in [0.2, 0.25) is 0 Å². The van der Waals surface area contributed by atoms with Crippen molar-refractivity contribution < 1.29 is 9.53 Å². The highest BCUT2D eigenvalue weighted by Crippen LogP contribution is 2.17. The molecule has 0 spiro atoms. The summed E-state index contributed by atoms with van der Waals surface area (Å²) in [5.74, 6) is 0.357. The van der Waals surface area contributed by atoms with E-state index >= 15 is 0 Å². The zero-order valence-electron chi connectivity index (χ0n) is 9.41. The Kier molecular flexibility index (Phi) is 5.49. The molecule has 0 aliphatic heterocycles. The minimum absolute atomic E-state index is 0.190. The molecule has 0 bridgehead atoms. The highest BCUT2D eigenvalue weighted by Gasteiger charge is 2.10. The normalized spacial score (nSPS) is 9.47. The first-order valence-electron chi connectivity index (χ1n) is 5.09. The lowest BCUT2D eigenvalue weighted by Crippen LogP contribution is -2.25. The third-order valence-electron chi connectivity index (χ3n) is 1.93. The van der Waals surface area contributed by atoms with Crippen LogP contribution in [-0.2, 0) is 0 Å². The Labute approximate surface area is 109 Å². The SMILES string of the molecule is C=CCOc1ccccc1C(=O)NCC(=C)Br. The number of hydrogen-bond acceptors (Lipinski definition) is 2. The van der Waals surface area contributed by atoms with Crippen LogP contribution in [0.15, 0.2) is 48.0 Å². The van der Waals surface area contributed by atoms with Gasteiger partial charge < -0.3 is 10.1 Å². The summed E-state index contributed by atoms with van der Waals surface area (Å²) in [6.45, 7) is 7.97. The second kappa shape index (κ2) is 6.91. The number of amides is 1. The molecule has 17 heavy (non-hydrogen) atoms. The van der Waals surface area contributed by atoms with Gasteiger partial charge >= 0.3 is 0 Å². The van der Waals surface area contributed by atoms with E-state index < -0.39 is 0 Å². The molecule has 0 aliphatic carbocycles. The highest BCUT2D eigenvalue weighted by atomic mass is 79.9. The lowest BCUT2D eigenvalue weighted by Gasteiger charge is -2.10. The Morgan fingerprint density at radius 2 is 2.18 bits per heavy atom. The molecule has 90 valence electrons. The van der Waals surface area contributed by atoms with E-state index in [1.165, 1.54) is 0 Å². The number of halogens is 1. The fourth-order valence-corrected chi connectivity index (χ4v) is 1.34. The van der Waals surface area contributed by atoms with Gasteiger partial charge in [0.15, 0.2) is 0 Å². The minimum Gasteiger partial charge on any atom is -0.489 e. The van der Waals surface area contributed by atoms with Crippen molar-refractivity contribution in [3.05, 3.63) is 53.5 Å². The second-order valence-corrected chi connectivity index (χ2v) is 4.42. The third-order valence-corrected chi connectivity index (χ3v) is 2.21. The van der Waals surface area contributed by atoms with E-state index in [9.17, 15) is 4.79 Å². The van der Waals surface area contributed by atoms with Gasteiger partial charge in [0.1, 0.15) is 12.4 Å². The maximum absolute atomic E-state index is 11.9. The average Bonchev–Trinajstić information content (AvgIpc) is 2.33. The molecule has 0 fully saturated rings. The molecule has 0 radical (unpaired) electrons. The molecule has 0 aromatic heterocycles. The zero-order chi connectivity index (χ0) is 12.7. The van der Waals surface area contributed by atoms with Gasteiger partial charge in [0.25, 0.3) is 5.91 Å². The van der Waals surface area contributed by atoms with Gasteiger partial charge in [0.2, 0.25) is 0 Å². The summed E-state index contributed by atoms with van der Waals surface area (Å²) in [6.07, 6.45) is 1.63. The van der Waals surface area contributed by atoms with E-state index in [4.69, 9.17) is 4.74 Å². The zero-order valence-corrected chi connectivity index (χ0v) is 11.0. The van der Waals surface area contributed by atoms with Crippen molar-refractivity contribution in [2.24, 2.45) is 0 Å². The number of carbonyl (C=O) groups excluding carboxylic acids is 1. The highest BCUT2D eigenvalue weighted by molar-refractivity contribution is 9.11. The van der Waals surface area contributed by atoms with Crippen molar-refractivity contribution in [3.8, 4) is 5.75 Å². The lowest BCUT2D eigenvalue weighted by molar-refractivity contribution is 0.0954. The van der Waals surface area contributed by atoms with E-state index in [0.29, 0.717) is 24.5 Å². The standard InChI is InChI=1S/C13H14BrNO2/c1-3-8-17-12-7-5-4-6-11(12)13(16)15-9-10(2)14/h3-7H,1-2,8-9H2,(H,15,16). The van der Waals surface area contributed by atoms with Crippen molar-refractivity contribution in [1.82, 2.24) is 5.32 Å². The molecule has 0 heterocycles. The number of hydrogen-bond donors (Lipinski definition) is 1. The number of ether oxygens (including phenoxy) is 1. The molecule has 4 heteroatoms. The number of para-hydroxylation sites is 1. The van der Waals surface area contributed by atoms with E-state index in [1.807, 2.05) is 6.07 Å². The minimum atomic E-state index is -0.190. The summed E-state index contributed by atoms with van der Waals surface area (Å²) in [7, 11) is 0. The Balaban J connectivity index is 2.77. The van der Waals surface area contributed by atoms with Crippen LogP contribution in [-0.4, -0.2) is 19.1 Å². The van der Waals surface area contributed by atoms with Crippen LogP contribution in [0.25, 0.3) is 0 Å². The van der Waals surface area contributed by atoms with Gasteiger partial charge in [-0.3, -0.25) is 4.79 Å². The van der Waals surface area contributed by atoms with Crippen molar-refractivity contribution in [2.75, 3.05) is 13.2 Å². The quantitative estimate of drug-likeness (QED) is 0.820. The first-order chi connectivity index (χ1) is 8.15. The van der Waals surface area contributed by atoms with Gasteiger partial charge in [-0.05, 0) is 12.1 Å². The molecule has 0 aliphatic rings. The van der Waals surface area contributed by atoms with Crippen molar-refractivity contribution in [3.63, 3.8) is 0 Å². The molecule has 1 aromatic rings. The first kappa shape index (κ1) is 13.5. The van der Waals surface area contributed by atoms with Gasteiger partial charge in [0.05, 0.1) is 5.56 Å². The summed E-state index contributed by atoms with van der Waals surface area (Å²) in [4.78, 5) is 11.9. The van der Waals surface area contributed by atoms with Crippen LogP contribution < -0.4 is 10.1 Å². The Morgan fingerprint density at radius 1 is 1.47 bits per heavy atom. The van der Waals surface area contributed by atoms with Gasteiger partial charge in [-0.1, -0.05) is 47.3 Å². The Hall–Kier alpha value is -1.55. The molecule has 0 saturated carbocycles. The number of nitrogens with one attached hydrogen (secondary N) is 1. The van der Waals surface area contributed by atoms with Crippen LogP contribution in [0.3, 0.4) is 0 Å². The molecular weight excluding hydrogens is 282 g/mol. The predicted molar refractivity (Wildman–Crippen MR) is 72.5 cm³/mol. The van der Waals surface area contributed by atoms with E-state index in [0.717, 1.165) is 4.48 Å². The van der Waals surface area contributed by atoms with Crippen molar-refractivity contribution >= 4 is 21.8 Å².